The van der Waals surface area contributed by atoms with Gasteiger partial charge in [-0.05, 0) is 31.4 Å². The summed E-state index contributed by atoms with van der Waals surface area (Å²) in [5.74, 6) is 0.527. The minimum absolute atomic E-state index is 0.0871. The number of amides is 1. The molecular weight excluding hydrogens is 300 g/mol. The Hall–Kier alpha value is -1.94. The number of carbonyl (C=O) groups is 1. The molecule has 4 nitrogen and oxygen atoms in total. The van der Waals surface area contributed by atoms with E-state index in [1.165, 1.54) is 0 Å². The van der Waals surface area contributed by atoms with E-state index in [2.05, 4.69) is 12.1 Å². The maximum atomic E-state index is 12.6. The Bertz CT molecular complexity index is 739. The number of benzene rings is 1. The third-order valence-corrected chi connectivity index (χ3v) is 5.55. The predicted octanol–water partition coefficient (Wildman–Crippen LogP) is 2.79. The Morgan fingerprint density at radius 1 is 1.12 bits per heavy atom. The molecular formula is C20H24N2O2. The van der Waals surface area contributed by atoms with Gasteiger partial charge in [-0.2, -0.15) is 0 Å². The number of pyridine rings is 1. The molecule has 4 heteroatoms. The summed E-state index contributed by atoms with van der Waals surface area (Å²) in [6.45, 7) is 1.14. The first kappa shape index (κ1) is 15.6. The molecule has 1 N–H and O–H groups in total. The summed E-state index contributed by atoms with van der Waals surface area (Å²) in [6, 6.07) is 12.2. The zero-order chi connectivity index (χ0) is 16.5. The highest BCUT2D eigenvalue weighted by Gasteiger charge is 2.37. The minimum Gasteiger partial charge on any atom is -0.391 e. The lowest BCUT2D eigenvalue weighted by Gasteiger charge is -2.20. The SMILES string of the molecule is O=C(C1CCCC1)N1C[C@@H](Cc2ccc3ccccc3n2)[C@H](O)C1. The molecule has 1 saturated heterocycles. The van der Waals surface area contributed by atoms with E-state index in [0.717, 1.165) is 48.7 Å². The van der Waals surface area contributed by atoms with Gasteiger partial charge in [-0.15, -0.1) is 0 Å². The summed E-state index contributed by atoms with van der Waals surface area (Å²) in [5.41, 5.74) is 1.98. The number of nitrogens with zero attached hydrogens (tertiary/aromatic N) is 2. The van der Waals surface area contributed by atoms with Gasteiger partial charge in [-0.3, -0.25) is 9.78 Å². The maximum absolute atomic E-state index is 12.6. The van der Waals surface area contributed by atoms with Crippen LogP contribution in [0.5, 0.6) is 0 Å². The Labute approximate surface area is 142 Å². The van der Waals surface area contributed by atoms with Gasteiger partial charge in [0.1, 0.15) is 0 Å². The highest BCUT2D eigenvalue weighted by molar-refractivity contribution is 5.79. The molecule has 1 aromatic carbocycles. The predicted molar refractivity (Wildman–Crippen MR) is 93.5 cm³/mol. The molecule has 1 aliphatic heterocycles. The lowest BCUT2D eigenvalue weighted by atomic mass is 9.99. The highest BCUT2D eigenvalue weighted by Crippen LogP contribution is 2.30. The number of aromatic nitrogens is 1. The van der Waals surface area contributed by atoms with Crippen LogP contribution in [-0.2, 0) is 11.2 Å². The quantitative estimate of drug-likeness (QED) is 0.944. The van der Waals surface area contributed by atoms with Crippen molar-refractivity contribution in [1.82, 2.24) is 9.88 Å². The summed E-state index contributed by atoms with van der Waals surface area (Å²) in [6.07, 6.45) is 4.64. The zero-order valence-corrected chi connectivity index (χ0v) is 13.9. The van der Waals surface area contributed by atoms with E-state index in [1.807, 2.05) is 29.2 Å². The van der Waals surface area contributed by atoms with Crippen LogP contribution < -0.4 is 0 Å². The fourth-order valence-electron chi connectivity index (χ4n) is 4.16. The van der Waals surface area contributed by atoms with E-state index < -0.39 is 6.10 Å². The fourth-order valence-corrected chi connectivity index (χ4v) is 4.16. The van der Waals surface area contributed by atoms with Crippen molar-refractivity contribution in [1.29, 1.82) is 0 Å². The van der Waals surface area contributed by atoms with Crippen LogP contribution >= 0.6 is 0 Å². The summed E-state index contributed by atoms with van der Waals surface area (Å²) >= 11 is 0. The van der Waals surface area contributed by atoms with Crippen molar-refractivity contribution in [2.75, 3.05) is 13.1 Å². The third kappa shape index (κ3) is 3.03. The van der Waals surface area contributed by atoms with Crippen LogP contribution in [0.2, 0.25) is 0 Å². The van der Waals surface area contributed by atoms with Crippen LogP contribution in [0.4, 0.5) is 0 Å². The van der Waals surface area contributed by atoms with Gasteiger partial charge in [0.15, 0.2) is 0 Å². The number of hydrogen-bond donors (Lipinski definition) is 1. The Morgan fingerprint density at radius 2 is 1.92 bits per heavy atom. The van der Waals surface area contributed by atoms with E-state index in [0.29, 0.717) is 13.1 Å². The fraction of sp³-hybridized carbons (Fsp3) is 0.500. The molecule has 2 heterocycles. The van der Waals surface area contributed by atoms with Gasteiger partial charge < -0.3 is 10.0 Å². The molecule has 0 unspecified atom stereocenters. The number of rotatable bonds is 3. The molecule has 0 bridgehead atoms. The molecule has 2 aliphatic rings. The number of hydrogen-bond acceptors (Lipinski definition) is 3. The molecule has 1 aromatic heterocycles. The average Bonchev–Trinajstić information content (AvgIpc) is 3.25. The summed E-state index contributed by atoms with van der Waals surface area (Å²) in [5, 5.41) is 11.5. The molecule has 1 saturated carbocycles. The largest absolute Gasteiger partial charge is 0.391 e. The van der Waals surface area contributed by atoms with Gasteiger partial charge in [0.25, 0.3) is 0 Å². The summed E-state index contributed by atoms with van der Waals surface area (Å²) < 4.78 is 0. The molecule has 126 valence electrons. The number of fused-ring (bicyclic) bond motifs is 1. The van der Waals surface area contributed by atoms with E-state index in [4.69, 9.17) is 4.98 Å². The second kappa shape index (κ2) is 6.52. The van der Waals surface area contributed by atoms with Crippen LogP contribution in [0.1, 0.15) is 31.4 Å². The van der Waals surface area contributed by atoms with Gasteiger partial charge >= 0.3 is 0 Å². The van der Waals surface area contributed by atoms with E-state index in [9.17, 15) is 9.90 Å². The van der Waals surface area contributed by atoms with Crippen molar-refractivity contribution in [3.05, 3.63) is 42.1 Å². The van der Waals surface area contributed by atoms with E-state index in [1.54, 1.807) is 0 Å². The topological polar surface area (TPSA) is 53.4 Å². The molecule has 2 aromatic rings. The molecule has 0 radical (unpaired) electrons. The molecule has 4 rings (SSSR count). The lowest BCUT2D eigenvalue weighted by molar-refractivity contribution is -0.134. The molecule has 2 fully saturated rings. The minimum atomic E-state index is -0.441. The first-order valence-electron chi connectivity index (χ1n) is 9.02. The molecule has 2 atom stereocenters. The van der Waals surface area contributed by atoms with Gasteiger partial charge in [-0.25, -0.2) is 0 Å². The smallest absolute Gasteiger partial charge is 0.225 e. The second-order valence-corrected chi connectivity index (χ2v) is 7.25. The van der Waals surface area contributed by atoms with Crippen molar-refractivity contribution in [3.63, 3.8) is 0 Å². The number of carbonyl (C=O) groups excluding carboxylic acids is 1. The number of β-amino-alcohol motifs (C(OH)–C–C–N with tert-alkyl or cyclic N) is 1. The summed E-state index contributed by atoms with van der Waals surface area (Å²) in [4.78, 5) is 19.2. The highest BCUT2D eigenvalue weighted by atomic mass is 16.3. The van der Waals surface area contributed by atoms with Gasteiger partial charge in [0, 0.05) is 36.0 Å². The van der Waals surface area contributed by atoms with Crippen LogP contribution in [0.15, 0.2) is 36.4 Å². The number of likely N-dealkylation sites (tertiary alicyclic amines) is 1. The maximum Gasteiger partial charge on any atom is 0.225 e. The average molecular weight is 324 g/mol. The Morgan fingerprint density at radius 3 is 2.75 bits per heavy atom. The van der Waals surface area contributed by atoms with Crippen molar-refractivity contribution in [2.24, 2.45) is 11.8 Å². The monoisotopic (exact) mass is 324 g/mol. The Balaban J connectivity index is 1.44. The van der Waals surface area contributed by atoms with Crippen LogP contribution in [0, 0.1) is 11.8 Å². The van der Waals surface area contributed by atoms with Crippen LogP contribution in [-0.4, -0.2) is 40.1 Å². The number of aliphatic hydroxyl groups is 1. The molecule has 1 amide bonds. The number of para-hydroxylation sites is 1. The van der Waals surface area contributed by atoms with Crippen molar-refractivity contribution >= 4 is 16.8 Å². The standard InChI is InChI=1S/C20H24N2O2/c23-19-13-22(20(24)15-6-1-2-7-15)12-16(19)11-17-10-9-14-5-3-4-8-18(14)21-17/h3-5,8-10,15-16,19,23H,1-2,6-7,11-13H2/t16-,19-/m1/s1. The van der Waals surface area contributed by atoms with Gasteiger partial charge in [0.2, 0.25) is 5.91 Å². The third-order valence-electron chi connectivity index (χ3n) is 5.55. The van der Waals surface area contributed by atoms with Gasteiger partial charge in [0.05, 0.1) is 11.6 Å². The molecule has 0 spiro atoms. The Kier molecular flexibility index (Phi) is 4.23. The lowest BCUT2D eigenvalue weighted by Crippen LogP contribution is -2.34. The molecule has 1 aliphatic carbocycles. The van der Waals surface area contributed by atoms with Crippen LogP contribution in [0.25, 0.3) is 10.9 Å². The molecule has 24 heavy (non-hydrogen) atoms. The van der Waals surface area contributed by atoms with Crippen LogP contribution in [0.3, 0.4) is 0 Å². The first-order chi connectivity index (χ1) is 11.7. The van der Waals surface area contributed by atoms with Gasteiger partial charge in [-0.1, -0.05) is 37.1 Å². The normalized spacial score (nSPS) is 24.8. The van der Waals surface area contributed by atoms with Crippen molar-refractivity contribution < 1.29 is 9.90 Å². The zero-order valence-electron chi connectivity index (χ0n) is 13.9. The van der Waals surface area contributed by atoms with Crippen molar-refractivity contribution in [2.45, 2.75) is 38.2 Å². The van der Waals surface area contributed by atoms with E-state index in [-0.39, 0.29) is 17.7 Å². The summed E-state index contributed by atoms with van der Waals surface area (Å²) in [7, 11) is 0. The first-order valence-corrected chi connectivity index (χ1v) is 9.02. The van der Waals surface area contributed by atoms with Crippen molar-refractivity contribution in [3.8, 4) is 0 Å². The van der Waals surface area contributed by atoms with E-state index >= 15 is 0 Å². The second-order valence-electron chi connectivity index (χ2n) is 7.25. The number of aliphatic hydroxyl groups excluding tert-OH is 1.